The SMILES string of the molecule is CCCNC1CCC(C(C)(C)CC)CC1OCCC1CC1. The molecule has 2 saturated carbocycles. The molecule has 21 heavy (non-hydrogen) atoms. The van der Waals surface area contributed by atoms with Crippen LogP contribution in [0.5, 0.6) is 0 Å². The minimum Gasteiger partial charge on any atom is -0.377 e. The van der Waals surface area contributed by atoms with Crippen molar-refractivity contribution in [3.05, 3.63) is 0 Å². The highest BCUT2D eigenvalue weighted by molar-refractivity contribution is 4.91. The molecule has 2 rings (SSSR count). The maximum absolute atomic E-state index is 6.35. The summed E-state index contributed by atoms with van der Waals surface area (Å²) >= 11 is 0. The molecule has 1 N–H and O–H groups in total. The molecule has 0 saturated heterocycles. The van der Waals surface area contributed by atoms with E-state index in [0.29, 0.717) is 17.6 Å². The van der Waals surface area contributed by atoms with Crippen LogP contribution in [0.4, 0.5) is 0 Å². The van der Waals surface area contributed by atoms with Gasteiger partial charge < -0.3 is 10.1 Å². The van der Waals surface area contributed by atoms with Gasteiger partial charge in [-0.3, -0.25) is 0 Å². The average Bonchev–Trinajstić information content (AvgIpc) is 3.30. The predicted octanol–water partition coefficient (Wildman–Crippen LogP) is 4.78. The summed E-state index contributed by atoms with van der Waals surface area (Å²) in [6, 6.07) is 0.591. The van der Waals surface area contributed by atoms with E-state index in [1.807, 2.05) is 0 Å². The molecule has 2 aliphatic rings. The second-order valence-electron chi connectivity index (χ2n) is 8.05. The number of hydrogen-bond donors (Lipinski definition) is 1. The zero-order valence-corrected chi connectivity index (χ0v) is 14.8. The minimum absolute atomic E-state index is 0.444. The smallest absolute Gasteiger partial charge is 0.0730 e. The molecular formula is C19H37NO. The van der Waals surface area contributed by atoms with Gasteiger partial charge in [0.2, 0.25) is 0 Å². The van der Waals surface area contributed by atoms with E-state index in [9.17, 15) is 0 Å². The van der Waals surface area contributed by atoms with Gasteiger partial charge in [-0.2, -0.15) is 0 Å². The van der Waals surface area contributed by atoms with E-state index in [4.69, 9.17) is 4.74 Å². The first-order valence-corrected chi connectivity index (χ1v) is 9.41. The molecule has 124 valence electrons. The summed E-state index contributed by atoms with van der Waals surface area (Å²) in [4.78, 5) is 0. The lowest BCUT2D eigenvalue weighted by Crippen LogP contribution is -2.48. The maximum Gasteiger partial charge on any atom is 0.0730 e. The number of hydrogen-bond acceptors (Lipinski definition) is 2. The van der Waals surface area contributed by atoms with Gasteiger partial charge >= 0.3 is 0 Å². The number of ether oxygens (including phenoxy) is 1. The van der Waals surface area contributed by atoms with Gasteiger partial charge in [-0.15, -0.1) is 0 Å². The van der Waals surface area contributed by atoms with Crippen molar-refractivity contribution in [2.24, 2.45) is 17.3 Å². The van der Waals surface area contributed by atoms with Crippen LogP contribution in [-0.2, 0) is 4.74 Å². The first kappa shape index (κ1) is 17.3. The lowest BCUT2D eigenvalue weighted by Gasteiger charge is -2.43. The molecule has 3 atom stereocenters. The molecule has 0 aromatic heterocycles. The zero-order valence-electron chi connectivity index (χ0n) is 14.8. The average molecular weight is 296 g/mol. The highest BCUT2D eigenvalue weighted by Gasteiger charge is 2.37. The van der Waals surface area contributed by atoms with E-state index in [-0.39, 0.29) is 0 Å². The highest BCUT2D eigenvalue weighted by Crippen LogP contribution is 2.41. The minimum atomic E-state index is 0.444. The van der Waals surface area contributed by atoms with Gasteiger partial charge in [0, 0.05) is 12.6 Å². The fourth-order valence-corrected chi connectivity index (χ4v) is 3.67. The van der Waals surface area contributed by atoms with Crippen LogP contribution >= 0.6 is 0 Å². The van der Waals surface area contributed by atoms with Gasteiger partial charge in [-0.1, -0.05) is 47.0 Å². The molecule has 0 heterocycles. The summed E-state index contributed by atoms with van der Waals surface area (Å²) in [5.41, 5.74) is 0.466. The van der Waals surface area contributed by atoms with Crippen molar-refractivity contribution in [3.63, 3.8) is 0 Å². The fourth-order valence-electron chi connectivity index (χ4n) is 3.67. The molecule has 0 radical (unpaired) electrons. The van der Waals surface area contributed by atoms with Crippen LogP contribution in [0.3, 0.4) is 0 Å². The van der Waals surface area contributed by atoms with E-state index in [1.54, 1.807) is 0 Å². The molecule has 2 fully saturated rings. The third kappa shape index (κ3) is 5.25. The quantitative estimate of drug-likeness (QED) is 0.661. The Morgan fingerprint density at radius 3 is 2.48 bits per heavy atom. The Morgan fingerprint density at radius 2 is 1.86 bits per heavy atom. The largest absolute Gasteiger partial charge is 0.377 e. The van der Waals surface area contributed by atoms with Crippen LogP contribution in [-0.4, -0.2) is 25.3 Å². The highest BCUT2D eigenvalue weighted by atomic mass is 16.5. The van der Waals surface area contributed by atoms with Crippen molar-refractivity contribution < 1.29 is 4.74 Å². The summed E-state index contributed by atoms with van der Waals surface area (Å²) in [6.45, 7) is 11.6. The Kier molecular flexibility index (Phi) is 6.55. The molecule has 0 aromatic rings. The lowest BCUT2D eigenvalue weighted by molar-refractivity contribution is -0.0328. The fraction of sp³-hybridized carbons (Fsp3) is 1.00. The standard InChI is InChI=1S/C19H37NO/c1-5-12-20-17-10-9-16(19(3,4)6-2)14-18(17)21-13-11-15-7-8-15/h15-18,20H,5-14H2,1-4H3. The Bertz CT molecular complexity index is 298. The summed E-state index contributed by atoms with van der Waals surface area (Å²) < 4.78 is 6.35. The van der Waals surface area contributed by atoms with Crippen LogP contribution in [0.25, 0.3) is 0 Å². The van der Waals surface area contributed by atoms with Crippen LogP contribution in [0, 0.1) is 17.3 Å². The molecule has 0 aromatic carbocycles. The van der Waals surface area contributed by atoms with E-state index in [1.165, 1.54) is 51.4 Å². The van der Waals surface area contributed by atoms with Gasteiger partial charge in [-0.25, -0.2) is 0 Å². The van der Waals surface area contributed by atoms with E-state index < -0.39 is 0 Å². The summed E-state index contributed by atoms with van der Waals surface area (Å²) in [6.07, 6.45) is 11.0. The van der Waals surface area contributed by atoms with Gasteiger partial charge in [0.1, 0.15) is 0 Å². The number of rotatable bonds is 9. The molecule has 0 bridgehead atoms. The van der Waals surface area contributed by atoms with Crippen LogP contribution in [0.1, 0.15) is 79.1 Å². The molecule has 2 nitrogen and oxygen atoms in total. The summed E-state index contributed by atoms with van der Waals surface area (Å²) in [5, 5.41) is 3.74. The second kappa shape index (κ2) is 7.97. The first-order valence-electron chi connectivity index (χ1n) is 9.41. The van der Waals surface area contributed by atoms with Crippen molar-refractivity contribution in [1.82, 2.24) is 5.32 Å². The van der Waals surface area contributed by atoms with Crippen molar-refractivity contribution in [1.29, 1.82) is 0 Å². The van der Waals surface area contributed by atoms with Gasteiger partial charge in [-0.05, 0) is 55.9 Å². The maximum atomic E-state index is 6.35. The predicted molar refractivity (Wildman–Crippen MR) is 90.6 cm³/mol. The Balaban J connectivity index is 1.86. The third-order valence-electron chi connectivity index (χ3n) is 6.02. The Morgan fingerprint density at radius 1 is 1.10 bits per heavy atom. The molecule has 0 spiro atoms. The van der Waals surface area contributed by atoms with E-state index in [0.717, 1.165) is 25.0 Å². The molecule has 2 aliphatic carbocycles. The second-order valence-corrected chi connectivity index (χ2v) is 8.05. The third-order valence-corrected chi connectivity index (χ3v) is 6.02. The van der Waals surface area contributed by atoms with Gasteiger partial charge in [0.15, 0.2) is 0 Å². The number of nitrogens with one attached hydrogen (secondary N) is 1. The van der Waals surface area contributed by atoms with E-state index >= 15 is 0 Å². The van der Waals surface area contributed by atoms with E-state index in [2.05, 4.69) is 33.0 Å². The molecule has 0 amide bonds. The monoisotopic (exact) mass is 295 g/mol. The molecular weight excluding hydrogens is 258 g/mol. The van der Waals surface area contributed by atoms with Crippen molar-refractivity contribution in [2.75, 3.05) is 13.2 Å². The lowest BCUT2D eigenvalue weighted by atomic mass is 9.68. The van der Waals surface area contributed by atoms with Gasteiger partial charge in [0.05, 0.1) is 6.10 Å². The zero-order chi connectivity index (χ0) is 15.3. The van der Waals surface area contributed by atoms with Crippen LogP contribution in [0.2, 0.25) is 0 Å². The molecule has 2 heteroatoms. The molecule has 0 aliphatic heterocycles. The molecule has 3 unspecified atom stereocenters. The topological polar surface area (TPSA) is 21.3 Å². The van der Waals surface area contributed by atoms with Crippen molar-refractivity contribution in [3.8, 4) is 0 Å². The van der Waals surface area contributed by atoms with Crippen LogP contribution < -0.4 is 5.32 Å². The van der Waals surface area contributed by atoms with Crippen molar-refractivity contribution >= 4 is 0 Å². The van der Waals surface area contributed by atoms with Crippen molar-refractivity contribution in [2.45, 2.75) is 91.2 Å². The first-order chi connectivity index (χ1) is 10.1. The Hall–Kier alpha value is -0.0800. The summed E-state index contributed by atoms with van der Waals surface area (Å²) in [5.74, 6) is 1.81. The summed E-state index contributed by atoms with van der Waals surface area (Å²) in [7, 11) is 0. The Labute approximate surface area is 132 Å². The van der Waals surface area contributed by atoms with Gasteiger partial charge in [0.25, 0.3) is 0 Å². The normalized spacial score (nSPS) is 30.6. The van der Waals surface area contributed by atoms with Crippen LogP contribution in [0.15, 0.2) is 0 Å².